The minimum absolute atomic E-state index is 0.136. The Morgan fingerprint density at radius 3 is 2.93 bits per heavy atom. The summed E-state index contributed by atoms with van der Waals surface area (Å²) in [7, 11) is 0. The van der Waals surface area contributed by atoms with Crippen LogP contribution < -0.4 is 10.9 Å². The van der Waals surface area contributed by atoms with Crippen molar-refractivity contribution in [2.45, 2.75) is 64.2 Å². The zero-order valence-corrected chi connectivity index (χ0v) is 16.1. The van der Waals surface area contributed by atoms with E-state index in [9.17, 15) is 4.79 Å². The molecule has 2 aliphatic heterocycles. The molecule has 3 atom stereocenters. The minimum Gasteiger partial charge on any atom is -0.334 e. The summed E-state index contributed by atoms with van der Waals surface area (Å²) in [5.74, 6) is 0.187. The van der Waals surface area contributed by atoms with E-state index in [1.54, 1.807) is 6.20 Å². The molecule has 3 unspecified atom stereocenters. The first kappa shape index (κ1) is 18.1. The van der Waals surface area contributed by atoms with Crippen LogP contribution in [0.4, 0.5) is 0 Å². The maximum absolute atomic E-state index is 13.2. The highest BCUT2D eigenvalue weighted by Gasteiger charge is 2.36. The van der Waals surface area contributed by atoms with Crippen LogP contribution in [-0.4, -0.2) is 44.2 Å². The van der Waals surface area contributed by atoms with Crippen molar-refractivity contribution in [2.75, 3.05) is 6.54 Å². The minimum atomic E-state index is -0.191. The molecule has 4 heterocycles. The Bertz CT molecular complexity index is 789. The quantitative estimate of drug-likeness (QED) is 0.862. The van der Waals surface area contributed by atoms with Crippen molar-refractivity contribution in [1.29, 1.82) is 0 Å². The van der Waals surface area contributed by atoms with E-state index >= 15 is 0 Å². The topological polar surface area (TPSA) is 75.1 Å². The molecule has 1 amide bonds. The third kappa shape index (κ3) is 3.89. The van der Waals surface area contributed by atoms with Gasteiger partial charge in [0.05, 0.1) is 18.3 Å². The van der Waals surface area contributed by atoms with Gasteiger partial charge in [-0.05, 0) is 57.2 Å². The molecule has 144 valence electrons. The van der Waals surface area contributed by atoms with E-state index < -0.39 is 0 Å². The average Bonchev–Trinajstić information content (AvgIpc) is 3.28. The van der Waals surface area contributed by atoms with Crippen LogP contribution >= 0.6 is 0 Å². The van der Waals surface area contributed by atoms with Gasteiger partial charge >= 0.3 is 0 Å². The molecule has 7 nitrogen and oxygen atoms in total. The van der Waals surface area contributed by atoms with Crippen molar-refractivity contribution in [3.8, 4) is 0 Å². The monoisotopic (exact) mass is 368 g/mol. The lowest BCUT2D eigenvalue weighted by atomic mass is 9.95. The second-order valence-electron chi connectivity index (χ2n) is 7.71. The normalized spacial score (nSPS) is 25.7. The number of aryl methyl sites for hydroxylation is 2. The van der Waals surface area contributed by atoms with Crippen molar-refractivity contribution in [2.24, 2.45) is 0 Å². The molecular weight excluding hydrogens is 340 g/mol. The Morgan fingerprint density at radius 1 is 1.30 bits per heavy atom. The lowest BCUT2D eigenvalue weighted by Gasteiger charge is -2.37. The van der Waals surface area contributed by atoms with Crippen molar-refractivity contribution in [3.05, 3.63) is 47.5 Å². The fraction of sp³-hybridized carbons (Fsp3) is 0.550. The number of amides is 1. The highest BCUT2D eigenvalue weighted by atomic mass is 16.2. The van der Waals surface area contributed by atoms with Gasteiger partial charge in [-0.2, -0.15) is 5.10 Å². The van der Waals surface area contributed by atoms with Gasteiger partial charge in [-0.3, -0.25) is 19.9 Å². The number of aromatic nitrogens is 3. The zero-order chi connectivity index (χ0) is 18.8. The number of pyridine rings is 1. The van der Waals surface area contributed by atoms with Crippen LogP contribution in [0.2, 0.25) is 0 Å². The van der Waals surface area contributed by atoms with Gasteiger partial charge in [0.25, 0.3) is 0 Å². The van der Waals surface area contributed by atoms with Crippen molar-refractivity contribution >= 4 is 5.91 Å². The molecule has 0 spiro atoms. The van der Waals surface area contributed by atoms with Crippen molar-refractivity contribution in [1.82, 2.24) is 30.5 Å². The van der Waals surface area contributed by atoms with Gasteiger partial charge in [0.1, 0.15) is 6.04 Å². The number of hydrogen-bond donors (Lipinski definition) is 2. The van der Waals surface area contributed by atoms with Crippen molar-refractivity contribution in [3.63, 3.8) is 0 Å². The molecule has 2 aromatic heterocycles. The average molecular weight is 368 g/mol. The van der Waals surface area contributed by atoms with Gasteiger partial charge < -0.3 is 4.90 Å². The summed E-state index contributed by atoms with van der Waals surface area (Å²) < 4.78 is 2.01. The fourth-order valence-corrected chi connectivity index (χ4v) is 4.29. The van der Waals surface area contributed by atoms with Crippen molar-refractivity contribution < 1.29 is 4.79 Å². The molecule has 0 bridgehead atoms. The van der Waals surface area contributed by atoms with Gasteiger partial charge in [-0.25, -0.2) is 5.43 Å². The summed E-state index contributed by atoms with van der Waals surface area (Å²) in [6.45, 7) is 5.66. The maximum Gasteiger partial charge on any atom is 0.241 e. The standard InChI is InChI=1S/C20H28N6O/c1-14-10-15(2)26(24-14)13-17-11-18(23-22-17)20(27)25-9-4-3-7-19(25)16-6-5-8-21-12-16/h5-6,8,10,12,17-19,22-23H,3-4,7,9,11,13H2,1-2H3. The molecule has 0 aliphatic carbocycles. The number of carbonyl (C=O) groups is 1. The fourth-order valence-electron chi connectivity index (χ4n) is 4.29. The molecule has 2 aliphatic rings. The first-order valence-corrected chi connectivity index (χ1v) is 9.84. The van der Waals surface area contributed by atoms with Crippen LogP contribution in [0.25, 0.3) is 0 Å². The lowest BCUT2D eigenvalue weighted by Crippen LogP contribution is -2.48. The van der Waals surface area contributed by atoms with Crippen LogP contribution in [0.1, 0.15) is 48.7 Å². The highest BCUT2D eigenvalue weighted by molar-refractivity contribution is 5.82. The van der Waals surface area contributed by atoms with Crippen LogP contribution in [0.15, 0.2) is 30.6 Å². The zero-order valence-electron chi connectivity index (χ0n) is 16.1. The molecule has 0 radical (unpaired) electrons. The van der Waals surface area contributed by atoms with Gasteiger partial charge in [0, 0.05) is 30.7 Å². The van der Waals surface area contributed by atoms with Crippen LogP contribution in [0, 0.1) is 13.8 Å². The number of likely N-dealkylation sites (tertiary alicyclic amines) is 1. The molecule has 0 aromatic carbocycles. The summed E-state index contributed by atoms with van der Waals surface area (Å²) >= 11 is 0. The molecule has 2 saturated heterocycles. The third-order valence-electron chi connectivity index (χ3n) is 5.63. The SMILES string of the molecule is Cc1cc(C)n(CC2CC(C(=O)N3CCCCC3c3cccnc3)NN2)n1. The smallest absolute Gasteiger partial charge is 0.241 e. The van der Waals surface area contributed by atoms with E-state index in [1.165, 1.54) is 0 Å². The predicted octanol–water partition coefficient (Wildman–Crippen LogP) is 1.88. The van der Waals surface area contributed by atoms with E-state index in [0.717, 1.165) is 55.7 Å². The largest absolute Gasteiger partial charge is 0.334 e. The number of nitrogens with zero attached hydrogens (tertiary/aromatic N) is 4. The van der Waals surface area contributed by atoms with Crippen LogP contribution in [0.5, 0.6) is 0 Å². The Kier molecular flexibility index (Phi) is 5.22. The highest BCUT2D eigenvalue weighted by Crippen LogP contribution is 2.31. The summed E-state index contributed by atoms with van der Waals surface area (Å²) in [6.07, 6.45) is 7.67. The van der Waals surface area contributed by atoms with E-state index in [2.05, 4.69) is 40.0 Å². The molecule has 2 fully saturated rings. The Balaban J connectivity index is 1.42. The number of hydrogen-bond acceptors (Lipinski definition) is 5. The van der Waals surface area contributed by atoms with Gasteiger partial charge in [-0.1, -0.05) is 6.07 Å². The number of hydrazine groups is 1. The van der Waals surface area contributed by atoms with E-state index in [-0.39, 0.29) is 24.0 Å². The van der Waals surface area contributed by atoms with Crippen LogP contribution in [0.3, 0.4) is 0 Å². The Hall–Kier alpha value is -2.25. The Morgan fingerprint density at radius 2 is 2.19 bits per heavy atom. The van der Waals surface area contributed by atoms with E-state index in [4.69, 9.17) is 0 Å². The molecule has 0 saturated carbocycles. The lowest BCUT2D eigenvalue weighted by molar-refractivity contribution is -0.137. The van der Waals surface area contributed by atoms with Gasteiger partial charge in [0.15, 0.2) is 0 Å². The third-order valence-corrected chi connectivity index (χ3v) is 5.63. The Labute approximate surface area is 160 Å². The first-order chi connectivity index (χ1) is 13.1. The molecule has 2 aromatic rings. The number of piperidine rings is 1. The van der Waals surface area contributed by atoms with Gasteiger partial charge in [0.2, 0.25) is 5.91 Å². The predicted molar refractivity (Wildman–Crippen MR) is 103 cm³/mol. The molecule has 27 heavy (non-hydrogen) atoms. The summed E-state index contributed by atoms with van der Waals surface area (Å²) in [4.78, 5) is 19.5. The number of nitrogens with one attached hydrogen (secondary N) is 2. The molecule has 4 rings (SSSR count). The van der Waals surface area contributed by atoms with Gasteiger partial charge in [-0.15, -0.1) is 0 Å². The second kappa shape index (κ2) is 7.78. The summed E-state index contributed by atoms with van der Waals surface area (Å²) in [5, 5.41) is 4.53. The molecule has 7 heteroatoms. The maximum atomic E-state index is 13.2. The number of carbonyl (C=O) groups excluding carboxylic acids is 1. The number of rotatable bonds is 4. The van der Waals surface area contributed by atoms with E-state index in [0.29, 0.717) is 0 Å². The van der Waals surface area contributed by atoms with Crippen LogP contribution in [-0.2, 0) is 11.3 Å². The summed E-state index contributed by atoms with van der Waals surface area (Å²) in [6, 6.07) is 6.25. The summed E-state index contributed by atoms with van der Waals surface area (Å²) in [5.41, 5.74) is 9.83. The first-order valence-electron chi connectivity index (χ1n) is 9.84. The molecular formula is C20H28N6O. The van der Waals surface area contributed by atoms with E-state index in [1.807, 2.05) is 28.8 Å². The molecule has 2 N–H and O–H groups in total. The second-order valence-corrected chi connectivity index (χ2v) is 7.71.